The Labute approximate surface area is 144 Å². The molecule has 3 heterocycles. The fourth-order valence-corrected chi connectivity index (χ4v) is 4.00. The second kappa shape index (κ2) is 5.63. The Morgan fingerprint density at radius 3 is 2.92 bits per heavy atom. The van der Waals surface area contributed by atoms with Gasteiger partial charge >= 0.3 is 6.18 Å². The van der Waals surface area contributed by atoms with Gasteiger partial charge in [-0.25, -0.2) is 9.97 Å². The number of anilines is 1. The third-order valence-electron chi connectivity index (χ3n) is 4.05. The third-order valence-corrected chi connectivity index (χ3v) is 5.36. The number of imidazole rings is 1. The van der Waals surface area contributed by atoms with Crippen LogP contribution < -0.4 is 4.90 Å². The molecule has 1 atom stereocenters. The Hall–Kier alpha value is -1.80. The second-order valence-corrected chi connectivity index (χ2v) is 7.09. The molecule has 126 valence electrons. The van der Waals surface area contributed by atoms with Crippen molar-refractivity contribution in [1.82, 2.24) is 15.0 Å². The van der Waals surface area contributed by atoms with E-state index in [1.165, 1.54) is 0 Å². The van der Waals surface area contributed by atoms with Crippen molar-refractivity contribution in [2.45, 2.75) is 25.1 Å². The lowest BCUT2D eigenvalue weighted by Gasteiger charge is -2.22. The second-order valence-electron chi connectivity index (χ2n) is 5.64. The van der Waals surface area contributed by atoms with Crippen LogP contribution in [0.1, 0.15) is 29.6 Å². The Morgan fingerprint density at radius 1 is 1.33 bits per heavy atom. The average molecular weight is 373 g/mol. The van der Waals surface area contributed by atoms with Gasteiger partial charge in [0.05, 0.1) is 23.3 Å². The monoisotopic (exact) mass is 372 g/mol. The molecule has 1 N–H and O–H groups in total. The molecule has 0 radical (unpaired) electrons. The maximum absolute atomic E-state index is 12.8. The molecule has 3 aromatic rings. The quantitative estimate of drug-likeness (QED) is 0.686. The van der Waals surface area contributed by atoms with E-state index in [4.69, 9.17) is 11.6 Å². The molecule has 4 rings (SSSR count). The third kappa shape index (κ3) is 2.73. The number of benzene rings is 1. The Balaban J connectivity index is 1.67. The molecule has 9 heteroatoms. The first-order chi connectivity index (χ1) is 11.4. The molecule has 1 aliphatic heterocycles. The summed E-state index contributed by atoms with van der Waals surface area (Å²) in [6.07, 6.45) is -1.77. The Kier molecular flexibility index (Phi) is 3.69. The average Bonchev–Trinajstić information content (AvgIpc) is 3.23. The normalized spacial score (nSPS) is 18.7. The van der Waals surface area contributed by atoms with Crippen molar-refractivity contribution in [3.63, 3.8) is 0 Å². The molecule has 0 amide bonds. The zero-order valence-corrected chi connectivity index (χ0v) is 13.8. The van der Waals surface area contributed by atoms with E-state index in [-0.39, 0.29) is 6.04 Å². The zero-order chi connectivity index (χ0) is 16.9. The fourth-order valence-electron chi connectivity index (χ4n) is 2.97. The number of rotatable bonds is 2. The summed E-state index contributed by atoms with van der Waals surface area (Å²) >= 11 is 6.66. The van der Waals surface area contributed by atoms with E-state index in [0.717, 1.165) is 35.9 Å². The van der Waals surface area contributed by atoms with E-state index in [9.17, 15) is 13.2 Å². The smallest absolute Gasteiger partial charge is 0.340 e. The van der Waals surface area contributed by atoms with Gasteiger partial charge in [0.2, 0.25) is 0 Å². The minimum Gasteiger partial charge on any atom is -0.340 e. The first kappa shape index (κ1) is 15.7. The van der Waals surface area contributed by atoms with E-state index in [2.05, 4.69) is 15.0 Å². The summed E-state index contributed by atoms with van der Waals surface area (Å²) in [5, 5.41) is 0.985. The highest BCUT2D eigenvalue weighted by atomic mass is 35.5. The maximum Gasteiger partial charge on any atom is 0.427 e. The van der Waals surface area contributed by atoms with Gasteiger partial charge in [-0.2, -0.15) is 13.2 Å². The molecule has 1 unspecified atom stereocenters. The molecule has 0 bridgehead atoms. The van der Waals surface area contributed by atoms with Crippen molar-refractivity contribution in [3.05, 3.63) is 40.1 Å². The summed E-state index contributed by atoms with van der Waals surface area (Å²) in [4.78, 5) is 13.0. The van der Waals surface area contributed by atoms with Gasteiger partial charge in [0.1, 0.15) is 10.7 Å². The van der Waals surface area contributed by atoms with Crippen LogP contribution in [0.5, 0.6) is 0 Å². The van der Waals surface area contributed by atoms with Crippen molar-refractivity contribution in [2.24, 2.45) is 0 Å². The molecule has 4 nitrogen and oxygen atoms in total. The number of nitrogens with zero attached hydrogens (tertiary/aromatic N) is 3. The van der Waals surface area contributed by atoms with Gasteiger partial charge in [-0.05, 0) is 31.0 Å². The number of thiazole rings is 1. The Morgan fingerprint density at radius 2 is 2.17 bits per heavy atom. The highest BCUT2D eigenvalue weighted by Crippen LogP contribution is 2.41. The molecule has 24 heavy (non-hydrogen) atoms. The molecule has 1 fully saturated rings. The SMILES string of the molecule is FC(F)(F)c1cnc(N2CCCC2c2nc3ccc(Cl)cc3[nH]2)s1. The summed E-state index contributed by atoms with van der Waals surface area (Å²) in [5.74, 6) is 0.730. The topological polar surface area (TPSA) is 44.8 Å². The van der Waals surface area contributed by atoms with Gasteiger partial charge in [-0.3, -0.25) is 0 Å². The molecule has 0 spiro atoms. The molecule has 1 saturated heterocycles. The van der Waals surface area contributed by atoms with Crippen LogP contribution in [0.25, 0.3) is 11.0 Å². The first-order valence-corrected chi connectivity index (χ1v) is 8.56. The van der Waals surface area contributed by atoms with Gasteiger partial charge in [0, 0.05) is 11.6 Å². The lowest BCUT2D eigenvalue weighted by atomic mass is 10.2. The van der Waals surface area contributed by atoms with Crippen molar-refractivity contribution in [1.29, 1.82) is 0 Å². The highest BCUT2D eigenvalue weighted by molar-refractivity contribution is 7.15. The highest BCUT2D eigenvalue weighted by Gasteiger charge is 2.36. The predicted octanol–water partition coefficient (Wildman–Crippen LogP) is 5.03. The molecule has 0 saturated carbocycles. The van der Waals surface area contributed by atoms with Crippen LogP contribution in [0.15, 0.2) is 24.4 Å². The molecular weight excluding hydrogens is 361 g/mol. The summed E-state index contributed by atoms with van der Waals surface area (Å²) in [6, 6.07) is 5.26. The Bertz CT molecular complexity index is 888. The first-order valence-electron chi connectivity index (χ1n) is 7.36. The van der Waals surface area contributed by atoms with Gasteiger partial charge in [0.15, 0.2) is 5.13 Å². The fraction of sp³-hybridized carbons (Fsp3) is 0.333. The van der Waals surface area contributed by atoms with E-state index in [1.54, 1.807) is 12.1 Å². The molecule has 1 aliphatic rings. The standard InChI is InChI=1S/C15H12ClF3N4S/c16-8-3-4-9-10(6-8)22-13(21-9)11-2-1-5-23(11)14-20-7-12(24-14)15(17,18)19/h3-4,6-7,11H,1-2,5H2,(H,21,22). The van der Waals surface area contributed by atoms with E-state index < -0.39 is 11.1 Å². The molecule has 2 aromatic heterocycles. The van der Waals surface area contributed by atoms with Crippen LogP contribution >= 0.6 is 22.9 Å². The van der Waals surface area contributed by atoms with Crippen LogP contribution in [0, 0.1) is 0 Å². The molecule has 1 aromatic carbocycles. The van der Waals surface area contributed by atoms with Crippen molar-refractivity contribution >= 4 is 39.1 Å². The summed E-state index contributed by atoms with van der Waals surface area (Å²) < 4.78 is 38.4. The minimum absolute atomic E-state index is 0.108. The number of nitrogens with one attached hydrogen (secondary N) is 1. The number of hydrogen-bond acceptors (Lipinski definition) is 4. The van der Waals surface area contributed by atoms with E-state index in [1.807, 2.05) is 11.0 Å². The number of halogens is 4. The summed E-state index contributed by atoms with van der Waals surface area (Å²) in [6.45, 7) is 0.660. The van der Waals surface area contributed by atoms with E-state index >= 15 is 0 Å². The number of hydrogen-bond donors (Lipinski definition) is 1. The lowest BCUT2D eigenvalue weighted by molar-refractivity contribution is -0.134. The van der Waals surface area contributed by atoms with Gasteiger partial charge < -0.3 is 9.88 Å². The van der Waals surface area contributed by atoms with Crippen LogP contribution in [0.2, 0.25) is 5.02 Å². The minimum atomic E-state index is -4.36. The van der Waals surface area contributed by atoms with Crippen molar-refractivity contribution in [3.8, 4) is 0 Å². The van der Waals surface area contributed by atoms with Crippen LogP contribution in [-0.2, 0) is 6.18 Å². The number of fused-ring (bicyclic) bond motifs is 1. The van der Waals surface area contributed by atoms with Crippen molar-refractivity contribution < 1.29 is 13.2 Å². The number of aromatic amines is 1. The van der Waals surface area contributed by atoms with E-state index in [0.29, 0.717) is 28.0 Å². The van der Waals surface area contributed by atoms with Gasteiger partial charge in [0.25, 0.3) is 0 Å². The van der Waals surface area contributed by atoms with Crippen molar-refractivity contribution in [2.75, 3.05) is 11.4 Å². The largest absolute Gasteiger partial charge is 0.427 e. The number of aromatic nitrogens is 3. The van der Waals surface area contributed by atoms with Crippen LogP contribution in [0.3, 0.4) is 0 Å². The summed E-state index contributed by atoms with van der Waals surface area (Å²) in [5.41, 5.74) is 1.61. The van der Waals surface area contributed by atoms with Crippen LogP contribution in [0.4, 0.5) is 18.3 Å². The summed E-state index contributed by atoms with van der Waals surface area (Å²) in [7, 11) is 0. The zero-order valence-electron chi connectivity index (χ0n) is 12.3. The van der Waals surface area contributed by atoms with Gasteiger partial charge in [-0.15, -0.1) is 0 Å². The number of H-pyrrole nitrogens is 1. The lowest BCUT2D eigenvalue weighted by Crippen LogP contribution is -2.23. The van der Waals surface area contributed by atoms with Crippen LogP contribution in [-0.4, -0.2) is 21.5 Å². The maximum atomic E-state index is 12.8. The molecule has 0 aliphatic carbocycles. The number of alkyl halides is 3. The van der Waals surface area contributed by atoms with Gasteiger partial charge in [-0.1, -0.05) is 22.9 Å². The molecular formula is C15H12ClF3N4S. The predicted molar refractivity (Wildman–Crippen MR) is 87.5 cm³/mol.